The summed E-state index contributed by atoms with van der Waals surface area (Å²) < 4.78 is 5.95. The lowest BCUT2D eigenvalue weighted by Gasteiger charge is -2.37. The number of nitrogens with one attached hydrogen (secondary N) is 1. The van der Waals surface area contributed by atoms with Crippen LogP contribution in [0.5, 0.6) is 11.5 Å². The molecule has 5 aliphatic rings. The van der Waals surface area contributed by atoms with Crippen LogP contribution in [0.3, 0.4) is 0 Å². The number of benzene rings is 2. The molecule has 6 nitrogen and oxygen atoms in total. The molecule has 0 aromatic heterocycles. The molecule has 1 saturated heterocycles. The van der Waals surface area contributed by atoms with E-state index in [-0.39, 0.29) is 53.4 Å². The highest BCUT2D eigenvalue weighted by molar-refractivity contribution is 6.09. The third-order valence-corrected chi connectivity index (χ3v) is 8.95. The Labute approximate surface area is 211 Å². The van der Waals surface area contributed by atoms with Crippen molar-refractivity contribution in [1.29, 1.82) is 0 Å². The van der Waals surface area contributed by atoms with Crippen molar-refractivity contribution in [1.82, 2.24) is 4.90 Å². The first-order chi connectivity index (χ1) is 17.3. The van der Waals surface area contributed by atoms with Gasteiger partial charge < -0.3 is 10.1 Å². The van der Waals surface area contributed by atoms with E-state index in [0.717, 1.165) is 18.6 Å². The van der Waals surface area contributed by atoms with Gasteiger partial charge in [0.05, 0.1) is 11.8 Å². The first-order valence-corrected chi connectivity index (χ1v) is 13.0. The lowest BCUT2D eigenvalue weighted by atomic mass is 9.63. The Hall–Kier alpha value is -3.41. The Kier molecular flexibility index (Phi) is 5.32. The number of carbonyl (C=O) groups is 3. The van der Waals surface area contributed by atoms with E-state index in [9.17, 15) is 14.4 Å². The predicted octanol–water partition coefficient (Wildman–Crippen LogP) is 5.16. The average Bonchev–Trinajstić information content (AvgIpc) is 3.66. The Bertz CT molecular complexity index is 1210. The van der Waals surface area contributed by atoms with Gasteiger partial charge in [-0.05, 0) is 83.9 Å². The SMILES string of the molecule is CCC(C)(C)c1ccc(Oc2ccc(NC(=O)CN3C(=O)[C@H]4[C@@H]5C=C[C@H]([C@@H]6C[C@H]56)[C@@H]4C3=O)cc2)cc1. The molecule has 36 heavy (non-hydrogen) atoms. The number of nitrogens with zero attached hydrogens (tertiary/aromatic N) is 1. The summed E-state index contributed by atoms with van der Waals surface area (Å²) in [4.78, 5) is 40.1. The van der Waals surface area contributed by atoms with Gasteiger partial charge in [0.2, 0.25) is 17.7 Å². The van der Waals surface area contributed by atoms with E-state index < -0.39 is 0 Å². The number of hydrogen-bond acceptors (Lipinski definition) is 4. The van der Waals surface area contributed by atoms with Crippen LogP contribution in [0.2, 0.25) is 0 Å². The number of imide groups is 1. The summed E-state index contributed by atoms with van der Waals surface area (Å²) in [5, 5.41) is 2.81. The molecule has 0 radical (unpaired) electrons. The molecule has 3 amide bonds. The number of ether oxygens (including phenoxy) is 1. The fourth-order valence-electron chi connectivity index (χ4n) is 6.44. The normalized spacial score (nSPS) is 29.7. The highest BCUT2D eigenvalue weighted by atomic mass is 16.5. The van der Waals surface area contributed by atoms with Gasteiger partial charge in [0.25, 0.3) is 0 Å². The molecule has 3 fully saturated rings. The minimum absolute atomic E-state index is 0.123. The average molecular weight is 485 g/mol. The third kappa shape index (κ3) is 3.74. The fourth-order valence-corrected chi connectivity index (χ4v) is 6.44. The van der Waals surface area contributed by atoms with Crippen molar-refractivity contribution in [3.8, 4) is 11.5 Å². The monoisotopic (exact) mass is 484 g/mol. The number of allylic oxidation sites excluding steroid dienone is 2. The summed E-state index contributed by atoms with van der Waals surface area (Å²) >= 11 is 0. The van der Waals surface area contributed by atoms with E-state index in [0.29, 0.717) is 23.3 Å². The fraction of sp³-hybridized carbons (Fsp3) is 0.433. The third-order valence-electron chi connectivity index (χ3n) is 8.95. The Balaban J connectivity index is 1.06. The van der Waals surface area contributed by atoms with Gasteiger partial charge in [-0.1, -0.05) is 45.1 Å². The second-order valence-corrected chi connectivity index (χ2v) is 11.4. The van der Waals surface area contributed by atoms with Crippen molar-refractivity contribution in [2.45, 2.75) is 39.0 Å². The zero-order valence-corrected chi connectivity index (χ0v) is 20.9. The largest absolute Gasteiger partial charge is 0.457 e. The molecule has 1 N–H and O–H groups in total. The zero-order valence-electron chi connectivity index (χ0n) is 20.9. The van der Waals surface area contributed by atoms with Crippen LogP contribution in [0.1, 0.15) is 39.2 Å². The van der Waals surface area contributed by atoms with Gasteiger partial charge >= 0.3 is 0 Å². The Morgan fingerprint density at radius 3 is 1.97 bits per heavy atom. The number of likely N-dealkylation sites (tertiary alicyclic amines) is 1. The van der Waals surface area contributed by atoms with Crippen molar-refractivity contribution in [2.24, 2.45) is 35.5 Å². The van der Waals surface area contributed by atoms with Crippen molar-refractivity contribution in [3.05, 3.63) is 66.2 Å². The summed E-state index contributed by atoms with van der Waals surface area (Å²) in [7, 11) is 0. The number of amides is 3. The molecular formula is C30H32N2O4. The van der Waals surface area contributed by atoms with Crippen LogP contribution in [0.15, 0.2) is 60.7 Å². The molecule has 7 rings (SSSR count). The summed E-state index contributed by atoms with van der Waals surface area (Å²) in [6.45, 7) is 6.39. The van der Waals surface area contributed by atoms with Gasteiger partial charge in [0.15, 0.2) is 0 Å². The van der Waals surface area contributed by atoms with Crippen molar-refractivity contribution >= 4 is 23.4 Å². The number of rotatable bonds is 7. The van der Waals surface area contributed by atoms with Crippen molar-refractivity contribution in [2.75, 3.05) is 11.9 Å². The van der Waals surface area contributed by atoms with Crippen LogP contribution in [0.4, 0.5) is 5.69 Å². The Morgan fingerprint density at radius 2 is 1.44 bits per heavy atom. The minimum Gasteiger partial charge on any atom is -0.457 e. The number of anilines is 1. The second kappa shape index (κ2) is 8.32. The van der Waals surface area contributed by atoms with Gasteiger partial charge in [-0.15, -0.1) is 0 Å². The topological polar surface area (TPSA) is 75.7 Å². The van der Waals surface area contributed by atoms with E-state index in [2.05, 4.69) is 50.4 Å². The molecule has 6 heteroatoms. The number of carbonyl (C=O) groups excluding carboxylic acids is 3. The van der Waals surface area contributed by atoms with Crippen LogP contribution < -0.4 is 10.1 Å². The molecule has 2 saturated carbocycles. The van der Waals surface area contributed by atoms with E-state index in [1.54, 1.807) is 24.3 Å². The first kappa shape index (κ1) is 23.0. The van der Waals surface area contributed by atoms with Gasteiger partial charge in [-0.3, -0.25) is 19.3 Å². The predicted molar refractivity (Wildman–Crippen MR) is 136 cm³/mol. The van der Waals surface area contributed by atoms with Crippen molar-refractivity contribution < 1.29 is 19.1 Å². The van der Waals surface area contributed by atoms with Crippen LogP contribution in [0.25, 0.3) is 0 Å². The van der Waals surface area contributed by atoms with Crippen molar-refractivity contribution in [3.63, 3.8) is 0 Å². The molecule has 0 spiro atoms. The van der Waals surface area contributed by atoms with Gasteiger partial charge in [0, 0.05) is 5.69 Å². The second-order valence-electron chi connectivity index (χ2n) is 11.4. The number of hydrogen-bond donors (Lipinski definition) is 1. The van der Waals surface area contributed by atoms with Gasteiger partial charge in [0.1, 0.15) is 18.0 Å². The van der Waals surface area contributed by atoms with E-state index in [1.165, 1.54) is 10.5 Å². The molecule has 2 aromatic carbocycles. The van der Waals surface area contributed by atoms with Crippen LogP contribution >= 0.6 is 0 Å². The molecule has 1 aliphatic heterocycles. The molecule has 4 aliphatic carbocycles. The highest BCUT2D eigenvalue weighted by Crippen LogP contribution is 2.65. The lowest BCUT2D eigenvalue weighted by Crippen LogP contribution is -2.40. The zero-order chi connectivity index (χ0) is 25.2. The quantitative estimate of drug-likeness (QED) is 0.435. The minimum atomic E-state index is -0.372. The molecular weight excluding hydrogens is 452 g/mol. The van der Waals surface area contributed by atoms with Gasteiger partial charge in [-0.25, -0.2) is 0 Å². The maximum absolute atomic E-state index is 13.1. The first-order valence-electron chi connectivity index (χ1n) is 13.0. The highest BCUT2D eigenvalue weighted by Gasteiger charge is 2.67. The van der Waals surface area contributed by atoms with E-state index in [4.69, 9.17) is 4.74 Å². The molecule has 1 heterocycles. The maximum atomic E-state index is 13.1. The van der Waals surface area contributed by atoms with E-state index >= 15 is 0 Å². The molecule has 6 atom stereocenters. The summed E-state index contributed by atoms with van der Waals surface area (Å²) in [6.07, 6.45) is 6.46. The van der Waals surface area contributed by atoms with Crippen LogP contribution in [-0.4, -0.2) is 29.2 Å². The van der Waals surface area contributed by atoms with Gasteiger partial charge in [-0.2, -0.15) is 0 Å². The van der Waals surface area contributed by atoms with E-state index in [1.807, 2.05) is 12.1 Å². The standard InChI is InChI=1S/C30H32N2O4/c1-4-30(2,3)17-5-9-19(10-6-17)36-20-11-7-18(8-12-20)31-25(33)16-32-28(34)26-21-13-14-22(24-15-23(21)24)27(26)29(32)35/h5-14,21-24,26-27H,4,15-16H2,1-3H3,(H,31,33)/t21-,22-,23-,24+,26+,27+/m1/s1. The summed E-state index contributed by atoms with van der Waals surface area (Å²) in [5.41, 5.74) is 1.98. The van der Waals surface area contributed by atoms with Crippen LogP contribution in [0, 0.1) is 35.5 Å². The summed E-state index contributed by atoms with van der Waals surface area (Å²) in [6, 6.07) is 15.2. The Morgan fingerprint density at radius 1 is 0.917 bits per heavy atom. The molecule has 186 valence electrons. The van der Waals surface area contributed by atoms with Crippen LogP contribution in [-0.2, 0) is 19.8 Å². The summed E-state index contributed by atoms with van der Waals surface area (Å²) in [5.74, 6) is 1.55. The molecule has 2 aromatic rings. The molecule has 0 unspecified atom stereocenters. The smallest absolute Gasteiger partial charge is 0.244 e. The molecule has 2 bridgehead atoms. The maximum Gasteiger partial charge on any atom is 0.244 e. The lowest BCUT2D eigenvalue weighted by molar-refractivity contribution is -0.142.